The van der Waals surface area contributed by atoms with Gasteiger partial charge >= 0.3 is 6.03 Å². The molecule has 0 spiro atoms. The molecule has 1 aromatic carbocycles. The second-order valence-corrected chi connectivity index (χ2v) is 10.6. The van der Waals surface area contributed by atoms with Crippen molar-refractivity contribution in [1.82, 2.24) is 30.2 Å². The summed E-state index contributed by atoms with van der Waals surface area (Å²) in [5, 5.41) is 16.6. The van der Waals surface area contributed by atoms with Gasteiger partial charge in [-0.05, 0) is 42.3 Å². The highest BCUT2D eigenvalue weighted by Gasteiger charge is 2.40. The first-order valence-corrected chi connectivity index (χ1v) is 13.7. The van der Waals surface area contributed by atoms with E-state index in [1.54, 1.807) is 12.4 Å². The van der Waals surface area contributed by atoms with Crippen LogP contribution in [0.4, 0.5) is 9.93 Å². The van der Waals surface area contributed by atoms with E-state index in [2.05, 4.69) is 37.6 Å². The number of anilines is 1. The molecule has 0 atom stereocenters. The van der Waals surface area contributed by atoms with Crippen molar-refractivity contribution in [3.63, 3.8) is 0 Å². The minimum Gasteiger partial charge on any atom is -0.379 e. The number of hydrogen-bond acceptors (Lipinski definition) is 10. The van der Waals surface area contributed by atoms with Crippen LogP contribution in [0.2, 0.25) is 0 Å². The van der Waals surface area contributed by atoms with Crippen molar-refractivity contribution in [1.29, 1.82) is 0 Å². The molecule has 0 aliphatic carbocycles. The molecule has 0 unspecified atom stereocenters. The smallest absolute Gasteiger partial charge is 0.321 e. The normalized spacial score (nSPS) is 17.1. The highest BCUT2D eigenvalue weighted by Crippen LogP contribution is 2.38. The lowest BCUT2D eigenvalue weighted by Gasteiger charge is -2.34. The molecular weight excluding hydrogens is 518 g/mol. The fourth-order valence-corrected chi connectivity index (χ4v) is 5.59. The Hall–Kier alpha value is -3.55. The number of nitrogens with zero attached hydrogens (tertiary/aromatic N) is 5. The average molecular weight is 548 g/mol. The zero-order valence-corrected chi connectivity index (χ0v) is 22.3. The second kappa shape index (κ2) is 10.9. The van der Waals surface area contributed by atoms with Gasteiger partial charge in [0.25, 0.3) is 0 Å². The summed E-state index contributed by atoms with van der Waals surface area (Å²) in [7, 11) is 0. The van der Waals surface area contributed by atoms with Crippen LogP contribution < -0.4 is 10.6 Å². The lowest BCUT2D eigenvalue weighted by atomic mass is 10.00. The van der Waals surface area contributed by atoms with E-state index in [4.69, 9.17) is 19.4 Å². The van der Waals surface area contributed by atoms with Gasteiger partial charge in [-0.15, -0.1) is 0 Å². The Morgan fingerprint density at radius 3 is 2.62 bits per heavy atom. The first-order chi connectivity index (χ1) is 19.0. The van der Waals surface area contributed by atoms with Crippen molar-refractivity contribution in [2.24, 2.45) is 0 Å². The maximum atomic E-state index is 12.2. The SMILES string of the molecule is CCNC(=O)Nc1nc2cc(-c3cnc(C4(O)COC4)nc3)cc(-c3cc(CN4CCOCC4)ccn3)c2s1. The maximum Gasteiger partial charge on any atom is 0.321 e. The van der Waals surface area contributed by atoms with Crippen molar-refractivity contribution < 1.29 is 19.4 Å². The van der Waals surface area contributed by atoms with Gasteiger partial charge in [0.2, 0.25) is 0 Å². The number of amides is 2. The van der Waals surface area contributed by atoms with Crippen LogP contribution in [0.15, 0.2) is 42.9 Å². The standard InChI is InChI=1S/C27H29N7O4S/c1-2-28-25(35)33-26-32-22-11-18(19-12-30-24(31-13-19)27(36)15-38-16-27)10-20(23(22)39-26)21-9-17(3-4-29-21)14-34-5-7-37-8-6-34/h3-4,9-13,36H,2,5-8,14-16H2,1H3,(H2,28,32,33,35). The number of urea groups is 1. The van der Waals surface area contributed by atoms with Crippen molar-refractivity contribution in [3.8, 4) is 22.4 Å². The number of morpholine rings is 1. The molecule has 0 saturated carbocycles. The molecule has 11 nitrogen and oxygen atoms in total. The van der Waals surface area contributed by atoms with E-state index >= 15 is 0 Å². The summed E-state index contributed by atoms with van der Waals surface area (Å²) in [5.74, 6) is 0.346. The Labute approximate surface area is 229 Å². The molecule has 6 rings (SSSR count). The Morgan fingerprint density at radius 2 is 1.90 bits per heavy atom. The summed E-state index contributed by atoms with van der Waals surface area (Å²) < 4.78 is 11.5. The molecule has 12 heteroatoms. The summed E-state index contributed by atoms with van der Waals surface area (Å²) in [4.78, 5) is 32.8. The van der Waals surface area contributed by atoms with Gasteiger partial charge in [-0.2, -0.15) is 0 Å². The van der Waals surface area contributed by atoms with Gasteiger partial charge < -0.3 is 19.9 Å². The molecule has 3 aromatic heterocycles. The Kier molecular flexibility index (Phi) is 7.19. The van der Waals surface area contributed by atoms with E-state index < -0.39 is 5.60 Å². The molecule has 0 radical (unpaired) electrons. The summed E-state index contributed by atoms with van der Waals surface area (Å²) >= 11 is 1.41. The van der Waals surface area contributed by atoms with E-state index in [0.29, 0.717) is 17.5 Å². The summed E-state index contributed by atoms with van der Waals surface area (Å²) in [6.07, 6.45) is 5.23. The number of ether oxygens (including phenoxy) is 2. The lowest BCUT2D eigenvalue weighted by molar-refractivity contribution is -0.189. The first kappa shape index (κ1) is 25.7. The predicted octanol–water partition coefficient (Wildman–Crippen LogP) is 3.01. The molecule has 2 aliphatic heterocycles. The van der Waals surface area contributed by atoms with Crippen LogP contribution in [0.1, 0.15) is 18.3 Å². The average Bonchev–Trinajstić information content (AvgIpc) is 3.34. The number of rotatable bonds is 7. The van der Waals surface area contributed by atoms with Gasteiger partial charge in [0, 0.05) is 55.9 Å². The van der Waals surface area contributed by atoms with Crippen LogP contribution >= 0.6 is 11.3 Å². The Bertz CT molecular complexity index is 1480. The van der Waals surface area contributed by atoms with Gasteiger partial charge in [-0.3, -0.25) is 15.2 Å². The number of carbonyl (C=O) groups is 1. The Morgan fingerprint density at radius 1 is 1.10 bits per heavy atom. The highest BCUT2D eigenvalue weighted by molar-refractivity contribution is 7.22. The summed E-state index contributed by atoms with van der Waals surface area (Å²) in [5.41, 5.74) is 4.12. The molecule has 4 aromatic rings. The van der Waals surface area contributed by atoms with Gasteiger partial charge in [-0.1, -0.05) is 11.3 Å². The molecule has 0 bridgehead atoms. The van der Waals surface area contributed by atoms with E-state index in [9.17, 15) is 9.90 Å². The quantitative estimate of drug-likeness (QED) is 0.319. The number of pyridine rings is 1. The monoisotopic (exact) mass is 547 g/mol. The summed E-state index contributed by atoms with van der Waals surface area (Å²) in [6, 6.07) is 7.85. The zero-order chi connectivity index (χ0) is 26.8. The third-order valence-electron chi connectivity index (χ3n) is 6.74. The number of fused-ring (bicyclic) bond motifs is 1. The topological polar surface area (TPSA) is 135 Å². The second-order valence-electron chi connectivity index (χ2n) is 9.63. The maximum absolute atomic E-state index is 12.2. The van der Waals surface area contributed by atoms with Crippen molar-refractivity contribution in [3.05, 3.63) is 54.2 Å². The van der Waals surface area contributed by atoms with E-state index in [1.165, 1.54) is 11.3 Å². The van der Waals surface area contributed by atoms with Crippen LogP contribution in [-0.2, 0) is 21.6 Å². The number of aromatic nitrogens is 4. The number of nitrogens with one attached hydrogen (secondary N) is 2. The minimum absolute atomic E-state index is 0.190. The fraction of sp³-hybridized carbons (Fsp3) is 0.370. The molecule has 2 saturated heterocycles. The van der Waals surface area contributed by atoms with E-state index in [1.807, 2.05) is 25.3 Å². The number of carbonyl (C=O) groups excluding carboxylic acids is 1. The molecule has 39 heavy (non-hydrogen) atoms. The van der Waals surface area contributed by atoms with Crippen LogP contribution in [0.25, 0.3) is 32.6 Å². The van der Waals surface area contributed by atoms with Crippen LogP contribution in [0, 0.1) is 0 Å². The Balaban J connectivity index is 1.39. The van der Waals surface area contributed by atoms with Gasteiger partial charge in [0.05, 0.1) is 42.3 Å². The number of aliphatic hydroxyl groups is 1. The largest absolute Gasteiger partial charge is 0.379 e. The molecule has 202 valence electrons. The predicted molar refractivity (Wildman–Crippen MR) is 147 cm³/mol. The lowest BCUT2D eigenvalue weighted by Crippen LogP contribution is -2.47. The van der Waals surface area contributed by atoms with Gasteiger partial charge in [-0.25, -0.2) is 19.7 Å². The molecular formula is C27H29N7O4S. The molecule has 5 heterocycles. The molecule has 3 N–H and O–H groups in total. The highest BCUT2D eigenvalue weighted by atomic mass is 32.1. The molecule has 2 fully saturated rings. The van der Waals surface area contributed by atoms with Gasteiger partial charge in [0.1, 0.15) is 0 Å². The molecule has 2 amide bonds. The number of benzene rings is 1. The number of thiazole rings is 1. The van der Waals surface area contributed by atoms with Gasteiger partial charge in [0.15, 0.2) is 16.6 Å². The molecule has 2 aliphatic rings. The van der Waals surface area contributed by atoms with Crippen molar-refractivity contribution >= 4 is 32.7 Å². The number of hydrogen-bond donors (Lipinski definition) is 3. The van der Waals surface area contributed by atoms with Crippen LogP contribution in [0.5, 0.6) is 0 Å². The van der Waals surface area contributed by atoms with Crippen LogP contribution in [0.3, 0.4) is 0 Å². The van der Waals surface area contributed by atoms with E-state index in [-0.39, 0.29) is 19.2 Å². The van der Waals surface area contributed by atoms with Crippen molar-refractivity contribution in [2.75, 3.05) is 51.4 Å². The summed E-state index contributed by atoms with van der Waals surface area (Å²) in [6.45, 7) is 6.87. The first-order valence-electron chi connectivity index (χ1n) is 12.9. The third kappa shape index (κ3) is 5.47. The third-order valence-corrected chi connectivity index (χ3v) is 7.76. The minimum atomic E-state index is -1.13. The zero-order valence-electron chi connectivity index (χ0n) is 21.5. The van der Waals surface area contributed by atoms with E-state index in [0.717, 1.165) is 71.0 Å². The van der Waals surface area contributed by atoms with Crippen molar-refractivity contribution in [2.45, 2.75) is 19.1 Å². The van der Waals surface area contributed by atoms with Crippen LogP contribution in [-0.4, -0.2) is 82.0 Å². The fourth-order valence-electron chi connectivity index (χ4n) is 4.62.